The van der Waals surface area contributed by atoms with Gasteiger partial charge < -0.3 is 5.32 Å². The van der Waals surface area contributed by atoms with Crippen LogP contribution in [0.5, 0.6) is 0 Å². The molecule has 0 aromatic heterocycles. The van der Waals surface area contributed by atoms with E-state index in [0.717, 1.165) is 5.56 Å². The summed E-state index contributed by atoms with van der Waals surface area (Å²) in [5, 5.41) is 3.24. The third-order valence-electron chi connectivity index (χ3n) is 2.87. The molecule has 2 rings (SSSR count). The standard InChI is InChI=1S/C15H13ClFNO/c1-9-4-3-5-13(14(9)16)18-15(19)12-7-6-11(17)8-10(12)2/h3-8H,1-2H3,(H,18,19). The highest BCUT2D eigenvalue weighted by atomic mass is 35.5. The highest BCUT2D eigenvalue weighted by molar-refractivity contribution is 6.34. The lowest BCUT2D eigenvalue weighted by Gasteiger charge is -2.10. The van der Waals surface area contributed by atoms with Gasteiger partial charge in [0.15, 0.2) is 0 Å². The highest BCUT2D eigenvalue weighted by Gasteiger charge is 2.12. The summed E-state index contributed by atoms with van der Waals surface area (Å²) >= 11 is 6.12. The predicted molar refractivity (Wildman–Crippen MR) is 75.3 cm³/mol. The van der Waals surface area contributed by atoms with Crippen LogP contribution in [0.1, 0.15) is 21.5 Å². The Bertz CT molecular complexity index is 640. The second-order valence-electron chi connectivity index (χ2n) is 4.35. The Kier molecular flexibility index (Phi) is 3.86. The molecule has 0 fully saturated rings. The first-order valence-electron chi connectivity index (χ1n) is 5.81. The van der Waals surface area contributed by atoms with Gasteiger partial charge in [-0.3, -0.25) is 4.79 Å². The van der Waals surface area contributed by atoms with Crippen LogP contribution in [0.15, 0.2) is 36.4 Å². The number of amides is 1. The lowest BCUT2D eigenvalue weighted by atomic mass is 10.1. The van der Waals surface area contributed by atoms with Crippen LogP contribution in [-0.4, -0.2) is 5.91 Å². The molecule has 0 atom stereocenters. The summed E-state index contributed by atoms with van der Waals surface area (Å²) in [5.74, 6) is -0.660. The van der Waals surface area contributed by atoms with Crippen molar-refractivity contribution in [3.63, 3.8) is 0 Å². The van der Waals surface area contributed by atoms with Gasteiger partial charge in [0.1, 0.15) is 5.82 Å². The largest absolute Gasteiger partial charge is 0.321 e. The summed E-state index contributed by atoms with van der Waals surface area (Å²) in [7, 11) is 0. The Balaban J connectivity index is 2.28. The van der Waals surface area contributed by atoms with E-state index in [0.29, 0.717) is 21.8 Å². The van der Waals surface area contributed by atoms with Crippen molar-refractivity contribution >= 4 is 23.2 Å². The van der Waals surface area contributed by atoms with Crippen molar-refractivity contribution in [3.8, 4) is 0 Å². The molecular weight excluding hydrogens is 265 g/mol. The molecule has 0 unspecified atom stereocenters. The monoisotopic (exact) mass is 277 g/mol. The summed E-state index contributed by atoms with van der Waals surface area (Å²) in [6, 6.07) is 9.46. The molecule has 0 aliphatic heterocycles. The molecule has 1 N–H and O–H groups in total. The zero-order valence-electron chi connectivity index (χ0n) is 10.6. The normalized spacial score (nSPS) is 10.3. The number of anilines is 1. The topological polar surface area (TPSA) is 29.1 Å². The number of halogens is 2. The Hall–Kier alpha value is -1.87. The van der Waals surface area contributed by atoms with Gasteiger partial charge in [-0.25, -0.2) is 4.39 Å². The smallest absolute Gasteiger partial charge is 0.255 e. The van der Waals surface area contributed by atoms with Crippen molar-refractivity contribution in [1.82, 2.24) is 0 Å². The minimum Gasteiger partial charge on any atom is -0.321 e. The number of rotatable bonds is 2. The van der Waals surface area contributed by atoms with Crippen molar-refractivity contribution in [2.24, 2.45) is 0 Å². The van der Waals surface area contributed by atoms with Crippen LogP contribution in [-0.2, 0) is 0 Å². The number of carbonyl (C=O) groups is 1. The number of aryl methyl sites for hydroxylation is 2. The van der Waals surface area contributed by atoms with Crippen LogP contribution in [0, 0.1) is 19.7 Å². The van der Waals surface area contributed by atoms with E-state index < -0.39 is 0 Å². The molecule has 19 heavy (non-hydrogen) atoms. The SMILES string of the molecule is Cc1cc(F)ccc1C(=O)Nc1cccc(C)c1Cl. The van der Waals surface area contributed by atoms with Crippen molar-refractivity contribution in [2.45, 2.75) is 13.8 Å². The van der Waals surface area contributed by atoms with E-state index in [9.17, 15) is 9.18 Å². The van der Waals surface area contributed by atoms with Crippen LogP contribution in [0.3, 0.4) is 0 Å². The van der Waals surface area contributed by atoms with Gasteiger partial charge >= 0.3 is 0 Å². The van der Waals surface area contributed by atoms with E-state index in [1.54, 1.807) is 13.0 Å². The van der Waals surface area contributed by atoms with Crippen LogP contribution >= 0.6 is 11.6 Å². The molecule has 0 aliphatic rings. The Morgan fingerprint density at radius 2 is 1.89 bits per heavy atom. The summed E-state index contributed by atoms with van der Waals surface area (Å²) < 4.78 is 13.0. The molecule has 1 amide bonds. The second kappa shape index (κ2) is 5.41. The van der Waals surface area contributed by atoms with E-state index in [2.05, 4.69) is 5.32 Å². The minimum atomic E-state index is -0.359. The van der Waals surface area contributed by atoms with Crippen LogP contribution in [0.2, 0.25) is 5.02 Å². The van der Waals surface area contributed by atoms with Crippen LogP contribution in [0.4, 0.5) is 10.1 Å². The van der Waals surface area contributed by atoms with Crippen molar-refractivity contribution in [3.05, 3.63) is 63.9 Å². The van der Waals surface area contributed by atoms with Gasteiger partial charge in [-0.2, -0.15) is 0 Å². The minimum absolute atomic E-state index is 0.301. The molecule has 0 spiro atoms. The van der Waals surface area contributed by atoms with Gasteiger partial charge in [0.25, 0.3) is 5.91 Å². The fourth-order valence-electron chi connectivity index (χ4n) is 1.82. The number of carbonyl (C=O) groups excluding carboxylic acids is 1. The quantitative estimate of drug-likeness (QED) is 0.869. The average Bonchev–Trinajstić information content (AvgIpc) is 2.34. The number of nitrogens with one attached hydrogen (secondary N) is 1. The summed E-state index contributed by atoms with van der Waals surface area (Å²) in [4.78, 5) is 12.1. The summed E-state index contributed by atoms with van der Waals surface area (Å²) in [5.41, 5.74) is 2.45. The first kappa shape index (κ1) is 13.6. The number of hydrogen-bond acceptors (Lipinski definition) is 1. The molecule has 4 heteroatoms. The van der Waals surface area contributed by atoms with Crippen molar-refractivity contribution in [1.29, 1.82) is 0 Å². The molecular formula is C15H13ClFNO. The summed E-state index contributed by atoms with van der Waals surface area (Å²) in [6.07, 6.45) is 0. The molecule has 0 heterocycles. The molecule has 98 valence electrons. The van der Waals surface area contributed by atoms with Crippen LogP contribution in [0.25, 0.3) is 0 Å². The van der Waals surface area contributed by atoms with Crippen molar-refractivity contribution < 1.29 is 9.18 Å². The zero-order valence-corrected chi connectivity index (χ0v) is 11.4. The van der Waals surface area contributed by atoms with Gasteiger partial charge in [0.05, 0.1) is 10.7 Å². The third-order valence-corrected chi connectivity index (χ3v) is 3.37. The van der Waals surface area contributed by atoms with Crippen molar-refractivity contribution in [2.75, 3.05) is 5.32 Å². The molecule has 2 aromatic carbocycles. The molecule has 2 aromatic rings. The lowest BCUT2D eigenvalue weighted by molar-refractivity contribution is 0.102. The first-order valence-corrected chi connectivity index (χ1v) is 6.19. The number of benzene rings is 2. The average molecular weight is 278 g/mol. The van der Waals surface area contributed by atoms with Gasteiger partial charge in [0, 0.05) is 5.56 Å². The predicted octanol–water partition coefficient (Wildman–Crippen LogP) is 4.35. The molecule has 0 bridgehead atoms. The Morgan fingerprint density at radius 3 is 2.58 bits per heavy atom. The van der Waals surface area contributed by atoms with Gasteiger partial charge in [-0.15, -0.1) is 0 Å². The Morgan fingerprint density at radius 1 is 1.16 bits per heavy atom. The van der Waals surface area contributed by atoms with E-state index in [1.165, 1.54) is 18.2 Å². The highest BCUT2D eigenvalue weighted by Crippen LogP contribution is 2.25. The molecule has 2 nitrogen and oxygen atoms in total. The zero-order chi connectivity index (χ0) is 14.0. The maximum Gasteiger partial charge on any atom is 0.255 e. The fraction of sp³-hybridized carbons (Fsp3) is 0.133. The maximum absolute atomic E-state index is 13.0. The molecule has 0 radical (unpaired) electrons. The first-order chi connectivity index (χ1) is 8.99. The van der Waals surface area contributed by atoms with Gasteiger partial charge in [-0.1, -0.05) is 23.7 Å². The maximum atomic E-state index is 13.0. The number of hydrogen-bond donors (Lipinski definition) is 1. The lowest BCUT2D eigenvalue weighted by Crippen LogP contribution is -2.14. The molecule has 0 aliphatic carbocycles. The van der Waals surface area contributed by atoms with Crippen LogP contribution < -0.4 is 5.32 Å². The van der Waals surface area contributed by atoms with E-state index in [1.807, 2.05) is 19.1 Å². The fourth-order valence-corrected chi connectivity index (χ4v) is 1.99. The molecule has 0 saturated carbocycles. The Labute approximate surface area is 116 Å². The molecule has 0 saturated heterocycles. The van der Waals surface area contributed by atoms with E-state index in [4.69, 9.17) is 11.6 Å². The van der Waals surface area contributed by atoms with Gasteiger partial charge in [-0.05, 0) is 49.2 Å². The third kappa shape index (κ3) is 2.93. The van der Waals surface area contributed by atoms with Gasteiger partial charge in [0.2, 0.25) is 0 Å². The summed E-state index contributed by atoms with van der Waals surface area (Å²) in [6.45, 7) is 3.55. The van der Waals surface area contributed by atoms with E-state index in [-0.39, 0.29) is 11.7 Å². The second-order valence-corrected chi connectivity index (χ2v) is 4.73. The van der Waals surface area contributed by atoms with E-state index >= 15 is 0 Å².